The second-order valence-corrected chi connectivity index (χ2v) is 4.33. The molecule has 0 heterocycles. The molecular weight excluding hydrogens is 270 g/mol. The van der Waals surface area contributed by atoms with E-state index in [0.29, 0.717) is 5.02 Å². The zero-order chi connectivity index (χ0) is 14.4. The highest BCUT2D eigenvalue weighted by Crippen LogP contribution is 2.17. The lowest BCUT2D eigenvalue weighted by Crippen LogP contribution is -2.42. The highest BCUT2D eigenvalue weighted by atomic mass is 35.5. The third kappa shape index (κ3) is 4.73. The minimum atomic E-state index is -1.31. The largest absolute Gasteiger partial charge is 0.480 e. The number of aliphatic hydroxyl groups is 1. The van der Waals surface area contributed by atoms with Crippen molar-refractivity contribution in [3.63, 3.8) is 0 Å². The van der Waals surface area contributed by atoms with Gasteiger partial charge in [-0.15, -0.1) is 0 Å². The molecule has 5 nitrogen and oxygen atoms in total. The topological polar surface area (TPSA) is 86.6 Å². The van der Waals surface area contributed by atoms with Crippen molar-refractivity contribution in [1.82, 2.24) is 5.32 Å². The molecule has 0 unspecified atom stereocenters. The molecule has 1 amide bonds. The molecular formula is C13H14ClNO4. The number of rotatable bonds is 5. The smallest absolute Gasteiger partial charge is 0.328 e. The Morgan fingerprint density at radius 3 is 2.68 bits per heavy atom. The van der Waals surface area contributed by atoms with Crippen LogP contribution in [0.15, 0.2) is 24.3 Å². The van der Waals surface area contributed by atoms with Crippen molar-refractivity contribution in [2.24, 2.45) is 0 Å². The quantitative estimate of drug-likeness (QED) is 0.709. The highest BCUT2D eigenvalue weighted by molar-refractivity contribution is 6.31. The van der Waals surface area contributed by atoms with Gasteiger partial charge in [0.1, 0.15) is 0 Å². The molecule has 0 spiro atoms. The van der Waals surface area contributed by atoms with Crippen LogP contribution in [-0.4, -0.2) is 34.7 Å². The van der Waals surface area contributed by atoms with Crippen molar-refractivity contribution in [3.8, 4) is 0 Å². The summed E-state index contributed by atoms with van der Waals surface area (Å²) in [7, 11) is 0. The number of carboxylic acids is 1. The van der Waals surface area contributed by atoms with Crippen molar-refractivity contribution in [1.29, 1.82) is 0 Å². The van der Waals surface area contributed by atoms with Gasteiger partial charge in [0.15, 0.2) is 6.04 Å². The molecule has 0 bridgehead atoms. The molecule has 1 rings (SSSR count). The Bertz CT molecular complexity index is 513. The minimum Gasteiger partial charge on any atom is -0.480 e. The SMILES string of the molecule is Cc1ccc(/C=C/C(=O)N[C@@H](CO)C(=O)O)cc1Cl. The Kier molecular flexibility index (Phi) is 5.54. The summed E-state index contributed by atoms with van der Waals surface area (Å²) in [5.74, 6) is -1.89. The van der Waals surface area contributed by atoms with Crippen LogP contribution in [-0.2, 0) is 9.59 Å². The lowest BCUT2D eigenvalue weighted by Gasteiger charge is -2.09. The molecule has 0 aliphatic carbocycles. The monoisotopic (exact) mass is 283 g/mol. The molecule has 0 radical (unpaired) electrons. The van der Waals surface area contributed by atoms with Crippen molar-refractivity contribution in [2.75, 3.05) is 6.61 Å². The predicted molar refractivity (Wildman–Crippen MR) is 71.9 cm³/mol. The van der Waals surface area contributed by atoms with Gasteiger partial charge in [0.25, 0.3) is 0 Å². The van der Waals surface area contributed by atoms with Gasteiger partial charge in [-0.1, -0.05) is 23.7 Å². The van der Waals surface area contributed by atoms with Crippen LogP contribution in [0.1, 0.15) is 11.1 Å². The van der Waals surface area contributed by atoms with Crippen LogP contribution >= 0.6 is 11.6 Å². The summed E-state index contributed by atoms with van der Waals surface area (Å²) in [6.45, 7) is 1.20. The maximum absolute atomic E-state index is 11.4. The molecule has 0 saturated carbocycles. The molecule has 102 valence electrons. The zero-order valence-electron chi connectivity index (χ0n) is 10.3. The molecule has 19 heavy (non-hydrogen) atoms. The number of carboxylic acid groups (broad SMARTS) is 1. The van der Waals surface area contributed by atoms with Gasteiger partial charge in [0.2, 0.25) is 5.91 Å². The van der Waals surface area contributed by atoms with E-state index in [0.717, 1.165) is 11.1 Å². The Morgan fingerprint density at radius 1 is 1.47 bits per heavy atom. The lowest BCUT2D eigenvalue weighted by molar-refractivity contribution is -0.142. The van der Waals surface area contributed by atoms with E-state index in [1.165, 1.54) is 12.2 Å². The molecule has 0 fully saturated rings. The first-order valence-electron chi connectivity index (χ1n) is 5.52. The molecule has 1 aromatic carbocycles. The summed E-state index contributed by atoms with van der Waals surface area (Å²) in [4.78, 5) is 22.0. The van der Waals surface area contributed by atoms with E-state index in [1.54, 1.807) is 12.1 Å². The highest BCUT2D eigenvalue weighted by Gasteiger charge is 2.16. The second-order valence-electron chi connectivity index (χ2n) is 3.92. The van der Waals surface area contributed by atoms with Crippen LogP contribution in [0.5, 0.6) is 0 Å². The predicted octanol–water partition coefficient (Wildman–Crippen LogP) is 1.22. The van der Waals surface area contributed by atoms with E-state index in [9.17, 15) is 9.59 Å². The number of nitrogens with one attached hydrogen (secondary N) is 1. The molecule has 0 saturated heterocycles. The standard InChI is InChI=1S/C13H14ClNO4/c1-8-2-3-9(6-10(8)14)4-5-12(17)15-11(7-16)13(18)19/h2-6,11,16H,7H2,1H3,(H,15,17)(H,18,19)/b5-4+/t11-/m0/s1. The molecule has 0 aromatic heterocycles. The number of aliphatic hydroxyl groups excluding tert-OH is 1. The van der Waals surface area contributed by atoms with E-state index in [1.807, 2.05) is 13.0 Å². The molecule has 0 aliphatic heterocycles. The van der Waals surface area contributed by atoms with Gasteiger partial charge in [-0.3, -0.25) is 4.79 Å². The number of carbonyl (C=O) groups excluding carboxylic acids is 1. The van der Waals surface area contributed by atoms with Gasteiger partial charge >= 0.3 is 5.97 Å². The average Bonchev–Trinajstić information content (AvgIpc) is 2.37. The summed E-state index contributed by atoms with van der Waals surface area (Å²) in [6, 6.07) is 3.99. The van der Waals surface area contributed by atoms with Gasteiger partial charge in [0, 0.05) is 11.1 Å². The van der Waals surface area contributed by atoms with Crippen LogP contribution in [0.25, 0.3) is 6.08 Å². The molecule has 1 aromatic rings. The molecule has 3 N–H and O–H groups in total. The summed E-state index contributed by atoms with van der Waals surface area (Å²) < 4.78 is 0. The summed E-state index contributed by atoms with van der Waals surface area (Å²) in [6.07, 6.45) is 2.70. The van der Waals surface area contributed by atoms with Crippen LogP contribution < -0.4 is 5.32 Å². The first-order chi connectivity index (χ1) is 8.93. The third-order valence-electron chi connectivity index (χ3n) is 2.42. The van der Waals surface area contributed by atoms with Gasteiger partial charge in [-0.2, -0.15) is 0 Å². The van der Waals surface area contributed by atoms with E-state index in [-0.39, 0.29) is 0 Å². The number of aliphatic carboxylic acids is 1. The van der Waals surface area contributed by atoms with Gasteiger partial charge < -0.3 is 15.5 Å². The molecule has 0 aliphatic rings. The van der Waals surface area contributed by atoms with Gasteiger partial charge in [0.05, 0.1) is 6.61 Å². The maximum atomic E-state index is 11.4. The van der Waals surface area contributed by atoms with Gasteiger partial charge in [-0.25, -0.2) is 4.79 Å². The van der Waals surface area contributed by atoms with Crippen molar-refractivity contribution in [3.05, 3.63) is 40.4 Å². The van der Waals surface area contributed by atoms with Crippen molar-refractivity contribution >= 4 is 29.6 Å². The number of hydrogen-bond acceptors (Lipinski definition) is 3. The van der Waals surface area contributed by atoms with Crippen LogP contribution in [0, 0.1) is 6.92 Å². The Hall–Kier alpha value is -1.85. The zero-order valence-corrected chi connectivity index (χ0v) is 11.0. The number of benzene rings is 1. The number of halogens is 1. The van der Waals surface area contributed by atoms with E-state index in [4.69, 9.17) is 21.8 Å². The van der Waals surface area contributed by atoms with Gasteiger partial charge in [-0.05, 0) is 30.2 Å². The number of amides is 1. The van der Waals surface area contributed by atoms with Crippen LogP contribution in [0.4, 0.5) is 0 Å². The fraction of sp³-hybridized carbons (Fsp3) is 0.231. The second kappa shape index (κ2) is 6.92. The minimum absolute atomic E-state index is 0.585. The Labute approximate surface area is 115 Å². The van der Waals surface area contributed by atoms with Crippen molar-refractivity contribution < 1.29 is 19.8 Å². The fourth-order valence-corrected chi connectivity index (χ4v) is 1.48. The first-order valence-corrected chi connectivity index (χ1v) is 5.90. The fourth-order valence-electron chi connectivity index (χ4n) is 1.29. The summed E-state index contributed by atoms with van der Waals surface area (Å²) in [5.41, 5.74) is 1.65. The van der Waals surface area contributed by atoms with Crippen molar-refractivity contribution in [2.45, 2.75) is 13.0 Å². The normalized spacial score (nSPS) is 12.4. The summed E-state index contributed by atoms with van der Waals surface area (Å²) in [5, 5.41) is 20.2. The molecule has 6 heteroatoms. The maximum Gasteiger partial charge on any atom is 0.328 e. The Balaban J connectivity index is 2.68. The molecule has 1 atom stereocenters. The van der Waals surface area contributed by atoms with Crippen LogP contribution in [0.3, 0.4) is 0 Å². The lowest BCUT2D eigenvalue weighted by atomic mass is 10.1. The number of aryl methyl sites for hydroxylation is 1. The van der Waals surface area contributed by atoms with E-state index in [2.05, 4.69) is 5.32 Å². The number of carbonyl (C=O) groups is 2. The first kappa shape index (κ1) is 15.2. The van der Waals surface area contributed by atoms with E-state index >= 15 is 0 Å². The third-order valence-corrected chi connectivity index (χ3v) is 2.83. The summed E-state index contributed by atoms with van der Waals surface area (Å²) >= 11 is 5.93. The Morgan fingerprint density at radius 2 is 2.16 bits per heavy atom. The average molecular weight is 284 g/mol. The van der Waals surface area contributed by atoms with E-state index < -0.39 is 24.5 Å². The number of hydrogen-bond donors (Lipinski definition) is 3. The van der Waals surface area contributed by atoms with Crippen LogP contribution in [0.2, 0.25) is 5.02 Å².